The summed E-state index contributed by atoms with van der Waals surface area (Å²) in [5, 5.41) is 6.05. The lowest BCUT2D eigenvalue weighted by atomic mass is 10.0. The van der Waals surface area contributed by atoms with Gasteiger partial charge in [-0.05, 0) is 33.0 Å². The molecule has 0 aliphatic carbocycles. The van der Waals surface area contributed by atoms with Crippen LogP contribution in [0.15, 0.2) is 16.9 Å². The average molecular weight is 250 g/mol. The van der Waals surface area contributed by atoms with Crippen LogP contribution in [-0.4, -0.2) is 59.1 Å². The molecule has 1 fully saturated rings. The number of amides is 1. The second-order valence-electron chi connectivity index (χ2n) is 4.79. The van der Waals surface area contributed by atoms with Gasteiger partial charge in [-0.15, -0.1) is 0 Å². The summed E-state index contributed by atoms with van der Waals surface area (Å²) in [5.41, 5.74) is 0.00997. The molecule has 1 aliphatic rings. The van der Waals surface area contributed by atoms with Crippen LogP contribution in [0.4, 0.5) is 0 Å². The van der Waals surface area contributed by atoms with Crippen LogP contribution in [0.3, 0.4) is 0 Å². The fraction of sp³-hybridized carbons (Fsp3) is 0.583. The molecular weight excluding hydrogens is 232 g/mol. The zero-order valence-corrected chi connectivity index (χ0v) is 10.7. The van der Waals surface area contributed by atoms with Gasteiger partial charge in [-0.3, -0.25) is 9.59 Å². The summed E-state index contributed by atoms with van der Waals surface area (Å²) in [6, 6.07) is 3.34. The minimum Gasteiger partial charge on any atom is -0.337 e. The number of carbonyl (C=O) groups excluding carboxylic acids is 1. The highest BCUT2D eigenvalue weighted by Gasteiger charge is 2.25. The molecule has 1 amide bonds. The Bertz CT molecular complexity index is 455. The normalized spacial score (nSPS) is 17.2. The van der Waals surface area contributed by atoms with Crippen molar-refractivity contribution in [1.82, 2.24) is 20.0 Å². The summed E-state index contributed by atoms with van der Waals surface area (Å²) in [5.74, 6) is -0.108. The van der Waals surface area contributed by atoms with Crippen molar-refractivity contribution < 1.29 is 4.79 Å². The van der Waals surface area contributed by atoms with E-state index in [4.69, 9.17) is 0 Å². The number of piperidine rings is 1. The number of aromatic nitrogens is 2. The molecule has 1 aromatic heterocycles. The molecule has 1 aromatic rings. The summed E-state index contributed by atoms with van der Waals surface area (Å²) >= 11 is 0. The van der Waals surface area contributed by atoms with Gasteiger partial charge in [0.05, 0.1) is 0 Å². The molecule has 98 valence electrons. The van der Waals surface area contributed by atoms with E-state index in [1.54, 1.807) is 4.90 Å². The van der Waals surface area contributed by atoms with Crippen LogP contribution in [0.5, 0.6) is 0 Å². The molecule has 0 bridgehead atoms. The molecule has 1 saturated heterocycles. The van der Waals surface area contributed by atoms with Gasteiger partial charge in [-0.1, -0.05) is 0 Å². The molecule has 0 saturated carbocycles. The van der Waals surface area contributed by atoms with Crippen LogP contribution >= 0.6 is 0 Å². The van der Waals surface area contributed by atoms with Gasteiger partial charge in [0.25, 0.3) is 11.5 Å². The lowest BCUT2D eigenvalue weighted by molar-refractivity contribution is 0.0656. The molecule has 0 unspecified atom stereocenters. The highest BCUT2D eigenvalue weighted by molar-refractivity contribution is 5.92. The van der Waals surface area contributed by atoms with E-state index in [0.717, 1.165) is 25.9 Å². The lowest BCUT2D eigenvalue weighted by Gasteiger charge is -2.34. The Morgan fingerprint density at radius 3 is 2.56 bits per heavy atom. The van der Waals surface area contributed by atoms with Crippen molar-refractivity contribution in [2.24, 2.45) is 0 Å². The minimum atomic E-state index is -0.294. The number of H-pyrrole nitrogens is 1. The standard InChI is InChI=1S/C12H18N4O2/c1-15(2)9-5-7-16(8-6-9)12(18)10-3-4-11(17)14-13-10/h3-4,9H,5-8H2,1-2H3,(H,14,17). The minimum absolute atomic E-state index is 0.108. The second-order valence-corrected chi connectivity index (χ2v) is 4.79. The van der Waals surface area contributed by atoms with Crippen molar-refractivity contribution in [2.45, 2.75) is 18.9 Å². The van der Waals surface area contributed by atoms with Crippen LogP contribution in [0, 0.1) is 0 Å². The predicted octanol–water partition coefficient (Wildman–Crippen LogP) is -0.0639. The number of hydrogen-bond acceptors (Lipinski definition) is 4. The fourth-order valence-corrected chi connectivity index (χ4v) is 2.21. The zero-order chi connectivity index (χ0) is 13.1. The van der Waals surface area contributed by atoms with E-state index in [0.29, 0.717) is 11.7 Å². The smallest absolute Gasteiger partial charge is 0.274 e. The summed E-state index contributed by atoms with van der Waals surface area (Å²) in [6.45, 7) is 1.48. The third-order valence-electron chi connectivity index (χ3n) is 3.38. The number of carbonyl (C=O) groups is 1. The predicted molar refractivity (Wildman–Crippen MR) is 67.5 cm³/mol. The van der Waals surface area contributed by atoms with Crippen molar-refractivity contribution >= 4 is 5.91 Å². The highest BCUT2D eigenvalue weighted by Crippen LogP contribution is 2.15. The van der Waals surface area contributed by atoms with E-state index in [2.05, 4.69) is 29.2 Å². The van der Waals surface area contributed by atoms with Gasteiger partial charge in [0.2, 0.25) is 0 Å². The number of nitrogens with one attached hydrogen (secondary N) is 1. The first-order chi connectivity index (χ1) is 8.58. The number of aromatic amines is 1. The first-order valence-electron chi connectivity index (χ1n) is 6.09. The molecule has 6 heteroatoms. The van der Waals surface area contributed by atoms with E-state index >= 15 is 0 Å². The Balaban J connectivity index is 1.99. The van der Waals surface area contributed by atoms with Crippen LogP contribution < -0.4 is 5.56 Å². The molecule has 18 heavy (non-hydrogen) atoms. The first-order valence-corrected chi connectivity index (χ1v) is 6.09. The molecule has 2 rings (SSSR count). The van der Waals surface area contributed by atoms with E-state index in [9.17, 15) is 9.59 Å². The van der Waals surface area contributed by atoms with Gasteiger partial charge in [-0.2, -0.15) is 5.10 Å². The van der Waals surface area contributed by atoms with Crippen LogP contribution in [-0.2, 0) is 0 Å². The zero-order valence-electron chi connectivity index (χ0n) is 10.7. The second kappa shape index (κ2) is 5.30. The van der Waals surface area contributed by atoms with Crippen LogP contribution in [0.1, 0.15) is 23.3 Å². The maximum absolute atomic E-state index is 12.1. The topological polar surface area (TPSA) is 69.3 Å². The molecular formula is C12H18N4O2. The van der Waals surface area contributed by atoms with E-state index < -0.39 is 0 Å². The monoisotopic (exact) mass is 250 g/mol. The molecule has 6 nitrogen and oxygen atoms in total. The SMILES string of the molecule is CN(C)C1CCN(C(=O)c2ccc(=O)[nH]n2)CC1. The Morgan fingerprint density at radius 1 is 1.39 bits per heavy atom. The molecule has 1 aliphatic heterocycles. The fourth-order valence-electron chi connectivity index (χ4n) is 2.21. The molecule has 0 radical (unpaired) electrons. The third-order valence-corrected chi connectivity index (χ3v) is 3.38. The Hall–Kier alpha value is -1.69. The van der Waals surface area contributed by atoms with Crippen LogP contribution in [0.2, 0.25) is 0 Å². The molecule has 0 spiro atoms. The van der Waals surface area contributed by atoms with Gasteiger partial charge in [0, 0.05) is 25.2 Å². The number of nitrogens with zero attached hydrogens (tertiary/aromatic N) is 3. The van der Waals surface area contributed by atoms with Crippen molar-refractivity contribution in [2.75, 3.05) is 27.2 Å². The van der Waals surface area contributed by atoms with Gasteiger partial charge in [-0.25, -0.2) is 5.10 Å². The molecule has 2 heterocycles. The summed E-state index contributed by atoms with van der Waals surface area (Å²) < 4.78 is 0. The van der Waals surface area contributed by atoms with E-state index in [1.807, 2.05) is 0 Å². The average Bonchev–Trinajstić information content (AvgIpc) is 2.39. The number of hydrogen-bond donors (Lipinski definition) is 1. The van der Waals surface area contributed by atoms with Gasteiger partial charge in [0.15, 0.2) is 0 Å². The maximum atomic E-state index is 12.1. The lowest BCUT2D eigenvalue weighted by Crippen LogP contribution is -2.44. The Morgan fingerprint density at radius 2 is 2.06 bits per heavy atom. The molecule has 1 N–H and O–H groups in total. The van der Waals surface area contributed by atoms with Crippen molar-refractivity contribution in [1.29, 1.82) is 0 Å². The first kappa shape index (κ1) is 12.8. The van der Waals surface area contributed by atoms with E-state index in [1.165, 1.54) is 12.1 Å². The summed E-state index contributed by atoms with van der Waals surface area (Å²) in [4.78, 5) is 27.0. The number of likely N-dealkylation sites (tertiary alicyclic amines) is 1. The quantitative estimate of drug-likeness (QED) is 0.798. The largest absolute Gasteiger partial charge is 0.337 e. The summed E-state index contributed by atoms with van der Waals surface area (Å²) in [6.07, 6.45) is 1.95. The number of rotatable bonds is 2. The van der Waals surface area contributed by atoms with Crippen LogP contribution in [0.25, 0.3) is 0 Å². The van der Waals surface area contributed by atoms with Gasteiger partial charge < -0.3 is 9.80 Å². The summed E-state index contributed by atoms with van der Waals surface area (Å²) in [7, 11) is 4.12. The Labute approximate surface area is 106 Å². The van der Waals surface area contributed by atoms with Crippen molar-refractivity contribution in [3.8, 4) is 0 Å². The molecule has 0 atom stereocenters. The van der Waals surface area contributed by atoms with E-state index in [-0.39, 0.29) is 11.5 Å². The molecule has 0 aromatic carbocycles. The highest BCUT2D eigenvalue weighted by atomic mass is 16.2. The van der Waals surface area contributed by atoms with Crippen molar-refractivity contribution in [3.63, 3.8) is 0 Å². The maximum Gasteiger partial charge on any atom is 0.274 e. The third kappa shape index (κ3) is 2.76. The van der Waals surface area contributed by atoms with Gasteiger partial charge in [0.1, 0.15) is 5.69 Å². The Kier molecular flexibility index (Phi) is 3.76. The van der Waals surface area contributed by atoms with Crippen molar-refractivity contribution in [3.05, 3.63) is 28.2 Å². The van der Waals surface area contributed by atoms with Gasteiger partial charge >= 0.3 is 0 Å².